The maximum Gasteiger partial charge on any atom is 0.334 e. The van der Waals surface area contributed by atoms with Crippen LogP contribution in [0.25, 0.3) is 0 Å². The molecule has 0 N–H and O–H groups in total. The third-order valence-corrected chi connectivity index (χ3v) is 6.04. The summed E-state index contributed by atoms with van der Waals surface area (Å²) in [6.45, 7) is 0. The van der Waals surface area contributed by atoms with Gasteiger partial charge in [0, 0.05) is 22.0 Å². The van der Waals surface area contributed by atoms with Crippen LogP contribution < -0.4 is 0 Å². The molecule has 0 radical (unpaired) electrons. The Morgan fingerprint density at radius 2 is 1.11 bits per heavy atom. The first-order valence-corrected chi connectivity index (χ1v) is 9.31. The summed E-state index contributed by atoms with van der Waals surface area (Å²) >= 11 is 0. The minimum atomic E-state index is -0.667. The molecule has 4 heteroatoms. The van der Waals surface area contributed by atoms with Gasteiger partial charge < -0.3 is 9.47 Å². The zero-order valence-electron chi connectivity index (χ0n) is 16.0. The van der Waals surface area contributed by atoms with Crippen molar-refractivity contribution in [3.63, 3.8) is 0 Å². The van der Waals surface area contributed by atoms with Crippen LogP contribution in [0.3, 0.4) is 0 Å². The fourth-order valence-electron chi connectivity index (χ4n) is 4.84. The zero-order chi connectivity index (χ0) is 19.8. The molecule has 0 aliphatic heterocycles. The highest BCUT2D eigenvalue weighted by molar-refractivity contribution is 6.00. The number of esters is 2. The molecule has 2 atom stereocenters. The highest BCUT2D eigenvalue weighted by Gasteiger charge is 2.74. The van der Waals surface area contributed by atoms with E-state index in [2.05, 4.69) is 0 Å². The number of rotatable bonds is 4. The van der Waals surface area contributed by atoms with Gasteiger partial charge in [-0.25, -0.2) is 9.59 Å². The molecule has 2 aromatic carbocycles. The molecule has 0 bridgehead atoms. The van der Waals surface area contributed by atoms with Crippen molar-refractivity contribution < 1.29 is 19.1 Å². The molecule has 0 aromatic heterocycles. The number of ether oxygens (including phenoxy) is 2. The summed E-state index contributed by atoms with van der Waals surface area (Å²) < 4.78 is 10.3. The zero-order valence-corrected chi connectivity index (χ0v) is 16.0. The lowest BCUT2D eigenvalue weighted by atomic mass is 9.74. The lowest BCUT2D eigenvalue weighted by Crippen LogP contribution is -2.32. The molecule has 2 unspecified atom stereocenters. The van der Waals surface area contributed by atoms with E-state index >= 15 is 0 Å². The van der Waals surface area contributed by atoms with Gasteiger partial charge in [-0.3, -0.25) is 0 Å². The van der Waals surface area contributed by atoms with E-state index in [9.17, 15) is 9.59 Å². The van der Waals surface area contributed by atoms with E-state index < -0.39 is 10.8 Å². The highest BCUT2D eigenvalue weighted by Crippen LogP contribution is 2.73. The van der Waals surface area contributed by atoms with Crippen molar-refractivity contribution in [1.82, 2.24) is 0 Å². The Bertz CT molecular complexity index is 895. The van der Waals surface area contributed by atoms with Crippen molar-refractivity contribution in [3.8, 4) is 0 Å². The summed E-state index contributed by atoms with van der Waals surface area (Å²) in [5.41, 5.74) is 1.85. The van der Waals surface area contributed by atoms with Crippen LogP contribution in [0.4, 0.5) is 0 Å². The Labute approximate surface area is 164 Å². The monoisotopic (exact) mass is 374 g/mol. The van der Waals surface area contributed by atoms with Gasteiger partial charge in [0.1, 0.15) is 0 Å². The maximum atomic E-state index is 12.8. The summed E-state index contributed by atoms with van der Waals surface area (Å²) in [7, 11) is 2.79. The van der Waals surface area contributed by atoms with Crippen LogP contribution in [-0.4, -0.2) is 26.2 Å². The van der Waals surface area contributed by atoms with E-state index in [1.165, 1.54) is 14.2 Å². The predicted molar refractivity (Wildman–Crippen MR) is 106 cm³/mol. The molecule has 0 amide bonds. The largest absolute Gasteiger partial charge is 0.466 e. The molecule has 0 spiro atoms. The van der Waals surface area contributed by atoms with Crippen LogP contribution in [0, 0.1) is 0 Å². The third kappa shape index (κ3) is 2.37. The molecule has 2 aromatic rings. The summed E-state index contributed by atoms with van der Waals surface area (Å²) in [4.78, 5) is 25.7. The Kier molecular flexibility index (Phi) is 4.42. The number of methoxy groups -OCH3 is 2. The minimum Gasteiger partial charge on any atom is -0.466 e. The Morgan fingerprint density at radius 1 is 0.714 bits per heavy atom. The number of hydrogen-bond donors (Lipinski definition) is 0. The van der Waals surface area contributed by atoms with Crippen LogP contribution >= 0.6 is 0 Å². The van der Waals surface area contributed by atoms with Gasteiger partial charge in [0.25, 0.3) is 0 Å². The number of allylic oxidation sites excluding steroid dienone is 2. The lowest BCUT2D eigenvalue weighted by molar-refractivity contribution is -0.138. The first-order chi connectivity index (χ1) is 13.6. The number of hydrogen-bond acceptors (Lipinski definition) is 4. The standard InChI is InChI=1S/C24H22O4/c1-27-21(25)19-14-9-15-20(22(26)28-2)24(18-12-7-4-8-13-18)16-23(19,24)17-10-5-3-6-11-17/h3-8,10-15H,9,16H2,1-2H3. The van der Waals surface area contributed by atoms with E-state index in [1.54, 1.807) is 0 Å². The van der Waals surface area contributed by atoms with Crippen LogP contribution in [0.1, 0.15) is 24.0 Å². The maximum absolute atomic E-state index is 12.8. The molecular weight excluding hydrogens is 352 g/mol. The summed E-state index contributed by atoms with van der Waals surface area (Å²) in [6, 6.07) is 19.8. The summed E-state index contributed by atoms with van der Waals surface area (Å²) in [5.74, 6) is -0.720. The van der Waals surface area contributed by atoms with Gasteiger partial charge in [-0.15, -0.1) is 0 Å². The quantitative estimate of drug-likeness (QED) is 0.763. The van der Waals surface area contributed by atoms with E-state index in [4.69, 9.17) is 9.47 Å². The van der Waals surface area contributed by atoms with Crippen molar-refractivity contribution in [2.24, 2.45) is 0 Å². The lowest BCUT2D eigenvalue weighted by Gasteiger charge is -2.28. The number of carbonyl (C=O) groups excluding carboxylic acids is 2. The van der Waals surface area contributed by atoms with Crippen LogP contribution in [0.15, 0.2) is 84.0 Å². The van der Waals surface area contributed by atoms with E-state index in [1.807, 2.05) is 72.8 Å². The van der Waals surface area contributed by atoms with Crippen LogP contribution in [-0.2, 0) is 29.9 Å². The van der Waals surface area contributed by atoms with Crippen molar-refractivity contribution in [3.05, 3.63) is 95.1 Å². The minimum absolute atomic E-state index is 0.360. The van der Waals surface area contributed by atoms with E-state index in [0.717, 1.165) is 11.1 Å². The molecule has 0 heterocycles. The molecule has 4 nitrogen and oxygen atoms in total. The van der Waals surface area contributed by atoms with Crippen molar-refractivity contribution >= 4 is 11.9 Å². The molecular formula is C24H22O4. The fraction of sp³-hybridized carbons (Fsp3) is 0.250. The molecule has 142 valence electrons. The molecule has 0 saturated heterocycles. The Morgan fingerprint density at radius 3 is 1.46 bits per heavy atom. The van der Waals surface area contributed by atoms with Crippen molar-refractivity contribution in [1.29, 1.82) is 0 Å². The second kappa shape index (κ2) is 6.79. The van der Waals surface area contributed by atoms with Gasteiger partial charge in [0.15, 0.2) is 0 Å². The molecule has 1 fully saturated rings. The van der Waals surface area contributed by atoms with Crippen molar-refractivity contribution in [2.45, 2.75) is 23.7 Å². The number of benzene rings is 2. The molecule has 2 aliphatic rings. The Balaban J connectivity index is 2.03. The highest BCUT2D eigenvalue weighted by atomic mass is 16.5. The Hall–Kier alpha value is -3.14. The smallest absolute Gasteiger partial charge is 0.334 e. The van der Waals surface area contributed by atoms with Crippen molar-refractivity contribution in [2.75, 3.05) is 14.2 Å². The van der Waals surface area contributed by atoms with Gasteiger partial charge >= 0.3 is 11.9 Å². The normalized spacial score (nSPS) is 25.5. The molecule has 1 saturated carbocycles. The van der Waals surface area contributed by atoms with Gasteiger partial charge in [0.2, 0.25) is 0 Å². The van der Waals surface area contributed by atoms with Gasteiger partial charge in [-0.1, -0.05) is 72.8 Å². The fourth-order valence-corrected chi connectivity index (χ4v) is 4.84. The van der Waals surface area contributed by atoms with Gasteiger partial charge in [-0.05, 0) is 24.0 Å². The van der Waals surface area contributed by atoms with Gasteiger partial charge in [-0.2, -0.15) is 0 Å². The van der Waals surface area contributed by atoms with Gasteiger partial charge in [0.05, 0.1) is 14.2 Å². The number of fused-ring (bicyclic) bond motifs is 1. The average molecular weight is 374 g/mol. The second-order valence-electron chi connectivity index (χ2n) is 7.17. The average Bonchev–Trinajstić information content (AvgIpc) is 3.47. The molecule has 28 heavy (non-hydrogen) atoms. The van der Waals surface area contributed by atoms with E-state index in [-0.39, 0.29) is 11.9 Å². The SMILES string of the molecule is COC(=O)C1=CCC=C(C(=O)OC)C2(c3ccccc3)CC12c1ccccc1. The predicted octanol–water partition coefficient (Wildman–Crippen LogP) is 3.87. The summed E-state index contributed by atoms with van der Waals surface area (Å²) in [5, 5.41) is 0. The third-order valence-electron chi connectivity index (χ3n) is 6.04. The first kappa shape index (κ1) is 18.2. The number of carbonyl (C=O) groups is 2. The molecule has 2 aliphatic carbocycles. The topological polar surface area (TPSA) is 52.6 Å². The molecule has 4 rings (SSSR count). The van der Waals surface area contributed by atoms with Crippen LogP contribution in [0.5, 0.6) is 0 Å². The first-order valence-electron chi connectivity index (χ1n) is 9.31. The summed E-state index contributed by atoms with van der Waals surface area (Å²) in [6.07, 6.45) is 4.85. The second-order valence-corrected chi connectivity index (χ2v) is 7.17. The van der Waals surface area contributed by atoms with E-state index in [0.29, 0.717) is 24.0 Å². The van der Waals surface area contributed by atoms with Crippen LogP contribution in [0.2, 0.25) is 0 Å².